The molecule has 0 saturated carbocycles. The molecule has 4 rings (SSSR count). The number of carbonyl (C=O) groups excluding carboxylic acids is 2. The molecule has 7 nitrogen and oxygen atoms in total. The van der Waals surface area contributed by atoms with E-state index < -0.39 is 11.6 Å². The number of anilines is 1. The van der Waals surface area contributed by atoms with Crippen molar-refractivity contribution >= 4 is 57.2 Å². The van der Waals surface area contributed by atoms with E-state index in [-0.39, 0.29) is 18.0 Å². The van der Waals surface area contributed by atoms with Gasteiger partial charge < -0.3 is 19.4 Å². The number of aryl methyl sites for hydroxylation is 2. The van der Waals surface area contributed by atoms with Crippen LogP contribution in [0.15, 0.2) is 39.8 Å². The first-order valence-corrected chi connectivity index (χ1v) is 13.7. The molecule has 2 aliphatic rings. The fourth-order valence-electron chi connectivity index (χ4n) is 4.76. The minimum absolute atomic E-state index is 0.0871. The van der Waals surface area contributed by atoms with E-state index in [2.05, 4.69) is 20.9 Å². The van der Waals surface area contributed by atoms with Gasteiger partial charge in [0, 0.05) is 40.9 Å². The van der Waals surface area contributed by atoms with Crippen LogP contribution >= 0.6 is 27.5 Å². The number of rotatable bonds is 4. The van der Waals surface area contributed by atoms with Gasteiger partial charge in [-0.25, -0.2) is 9.79 Å². The predicted molar refractivity (Wildman–Crippen MR) is 152 cm³/mol. The van der Waals surface area contributed by atoms with Gasteiger partial charge in [0.05, 0.1) is 18.1 Å². The maximum Gasteiger partial charge on any atom is 0.410 e. The molecular weight excluding hydrogens is 556 g/mol. The first-order chi connectivity index (χ1) is 17.4. The molecule has 1 fully saturated rings. The van der Waals surface area contributed by atoms with E-state index in [1.807, 2.05) is 69.9 Å². The van der Waals surface area contributed by atoms with Crippen molar-refractivity contribution in [3.05, 3.63) is 56.5 Å². The number of halogens is 2. The van der Waals surface area contributed by atoms with Crippen LogP contribution in [0.2, 0.25) is 5.02 Å². The van der Waals surface area contributed by atoms with Gasteiger partial charge in [-0.3, -0.25) is 4.79 Å². The Morgan fingerprint density at radius 3 is 2.59 bits per heavy atom. The van der Waals surface area contributed by atoms with Crippen molar-refractivity contribution in [3.8, 4) is 0 Å². The molecule has 0 aromatic heterocycles. The maximum atomic E-state index is 14.1. The van der Waals surface area contributed by atoms with E-state index in [1.165, 1.54) is 0 Å². The van der Waals surface area contributed by atoms with Crippen LogP contribution in [-0.2, 0) is 9.53 Å². The van der Waals surface area contributed by atoms with E-state index in [0.29, 0.717) is 18.1 Å². The minimum Gasteiger partial charge on any atom is -0.444 e. The molecule has 2 aromatic carbocycles. The average Bonchev–Trinajstić information content (AvgIpc) is 3.28. The minimum atomic E-state index is -0.635. The quantitative estimate of drug-likeness (QED) is 0.394. The van der Waals surface area contributed by atoms with Gasteiger partial charge in [0.2, 0.25) is 5.91 Å². The molecule has 0 N–H and O–H groups in total. The second-order valence-corrected chi connectivity index (χ2v) is 12.1. The second kappa shape index (κ2) is 10.7. The van der Waals surface area contributed by atoms with Crippen molar-refractivity contribution < 1.29 is 14.3 Å². The molecule has 2 aromatic rings. The molecule has 37 heavy (non-hydrogen) atoms. The Balaban J connectivity index is 1.64. The van der Waals surface area contributed by atoms with Crippen molar-refractivity contribution in [1.82, 2.24) is 9.80 Å². The van der Waals surface area contributed by atoms with Gasteiger partial charge in [0.1, 0.15) is 11.6 Å². The Hall–Kier alpha value is -2.58. The summed E-state index contributed by atoms with van der Waals surface area (Å²) in [5.74, 6) is -0.0871. The molecule has 0 unspecified atom stereocenters. The number of likely N-dealkylation sites (tertiary alicyclic amines) is 1. The lowest BCUT2D eigenvalue weighted by atomic mass is 9.98. The van der Waals surface area contributed by atoms with Gasteiger partial charge in [-0.2, -0.15) is 0 Å². The van der Waals surface area contributed by atoms with Gasteiger partial charge in [0.15, 0.2) is 0 Å². The van der Waals surface area contributed by atoms with Crippen LogP contribution in [0.3, 0.4) is 0 Å². The topological polar surface area (TPSA) is 65.5 Å². The highest BCUT2D eigenvalue weighted by atomic mass is 79.9. The van der Waals surface area contributed by atoms with E-state index in [9.17, 15) is 9.59 Å². The van der Waals surface area contributed by atoms with Crippen LogP contribution in [0, 0.1) is 13.8 Å². The lowest BCUT2D eigenvalue weighted by Crippen LogP contribution is -2.48. The van der Waals surface area contributed by atoms with Gasteiger partial charge in [-0.1, -0.05) is 33.6 Å². The lowest BCUT2D eigenvalue weighted by Gasteiger charge is -2.37. The van der Waals surface area contributed by atoms with E-state index in [4.69, 9.17) is 16.3 Å². The zero-order chi connectivity index (χ0) is 27.1. The van der Waals surface area contributed by atoms with Crippen molar-refractivity contribution in [2.45, 2.75) is 65.1 Å². The number of carbonyl (C=O) groups is 2. The number of amides is 2. The van der Waals surface area contributed by atoms with Gasteiger partial charge >= 0.3 is 6.09 Å². The fraction of sp³-hybridized carbons (Fsp3) is 0.464. The monoisotopic (exact) mass is 588 g/mol. The van der Waals surface area contributed by atoms with Crippen LogP contribution in [0.5, 0.6) is 0 Å². The van der Waals surface area contributed by atoms with Gasteiger partial charge in [-0.05, 0) is 82.9 Å². The molecule has 0 radical (unpaired) electrons. The molecule has 9 heteroatoms. The molecular formula is C28H34BrClN4O3. The summed E-state index contributed by atoms with van der Waals surface area (Å²) < 4.78 is 6.53. The Morgan fingerprint density at radius 1 is 1.19 bits per heavy atom. The lowest BCUT2D eigenvalue weighted by molar-refractivity contribution is -0.132. The highest BCUT2D eigenvalue weighted by Crippen LogP contribution is 2.40. The summed E-state index contributed by atoms with van der Waals surface area (Å²) in [6, 6.07) is 8.97. The molecule has 0 bridgehead atoms. The van der Waals surface area contributed by atoms with Crippen LogP contribution in [0.1, 0.15) is 56.3 Å². The third-order valence-corrected chi connectivity index (χ3v) is 8.02. The second-order valence-electron chi connectivity index (χ2n) is 10.8. The molecule has 1 saturated heterocycles. The van der Waals surface area contributed by atoms with Crippen molar-refractivity contribution in [2.75, 3.05) is 25.0 Å². The number of ether oxygens (including phenoxy) is 1. The fourth-order valence-corrected chi connectivity index (χ4v) is 5.30. The SMILES string of the molecule is Cc1ccc(N2C=Nc3cc(C)c(Br)cc3[C@H]2C(=O)N(C)C[C@@H]2CCCN2C(=O)OC(C)(C)C)cc1Cl. The summed E-state index contributed by atoms with van der Waals surface area (Å²) in [4.78, 5) is 36.9. The number of hydrogen-bond acceptors (Lipinski definition) is 5. The summed E-state index contributed by atoms with van der Waals surface area (Å²) in [5, 5.41) is 0.625. The highest BCUT2D eigenvalue weighted by molar-refractivity contribution is 9.10. The van der Waals surface area contributed by atoms with E-state index >= 15 is 0 Å². The zero-order valence-electron chi connectivity index (χ0n) is 22.2. The third kappa shape index (κ3) is 5.96. The molecule has 0 spiro atoms. The van der Waals surface area contributed by atoms with Crippen LogP contribution in [0.25, 0.3) is 0 Å². The van der Waals surface area contributed by atoms with Gasteiger partial charge in [-0.15, -0.1) is 0 Å². The first-order valence-electron chi connectivity index (χ1n) is 12.5. The summed E-state index contributed by atoms with van der Waals surface area (Å²) in [6.45, 7) is 10.6. The zero-order valence-corrected chi connectivity index (χ0v) is 24.6. The van der Waals surface area contributed by atoms with E-state index in [1.54, 1.807) is 23.2 Å². The molecule has 2 atom stereocenters. The number of likely N-dealkylation sites (N-methyl/N-ethyl adjacent to an activating group) is 1. The number of fused-ring (bicyclic) bond motifs is 1. The summed E-state index contributed by atoms with van der Waals surface area (Å²) in [6.07, 6.45) is 3.07. The summed E-state index contributed by atoms with van der Waals surface area (Å²) in [7, 11) is 1.79. The molecule has 2 amide bonds. The normalized spacial score (nSPS) is 19.1. The van der Waals surface area contributed by atoms with Crippen molar-refractivity contribution in [3.63, 3.8) is 0 Å². The summed E-state index contributed by atoms with van der Waals surface area (Å²) in [5.41, 5.74) is 3.79. The highest BCUT2D eigenvalue weighted by Gasteiger charge is 2.38. The number of nitrogens with zero attached hydrogens (tertiary/aromatic N) is 4. The predicted octanol–water partition coefficient (Wildman–Crippen LogP) is 6.80. The molecule has 198 valence electrons. The Morgan fingerprint density at radius 2 is 1.92 bits per heavy atom. The Bertz CT molecular complexity index is 1240. The Kier molecular flexibility index (Phi) is 7.91. The standard InChI is InChI=1S/C28H34BrClN4O3/c1-17-9-10-19(13-23(17)30)34-16-31-24-12-18(2)22(29)14-21(24)25(34)26(35)32(6)15-20-8-7-11-33(20)27(36)37-28(3,4)5/h9-10,12-14,16,20,25H,7-8,11,15H2,1-6H3/t20-,25-/m0/s1. The van der Waals surface area contributed by atoms with Crippen molar-refractivity contribution in [1.29, 1.82) is 0 Å². The van der Waals surface area contributed by atoms with Crippen LogP contribution in [-0.4, -0.2) is 59.9 Å². The number of benzene rings is 2. The smallest absolute Gasteiger partial charge is 0.410 e. The molecule has 2 heterocycles. The first kappa shape index (κ1) is 27.5. The number of hydrogen-bond donors (Lipinski definition) is 0. The maximum absolute atomic E-state index is 14.1. The van der Waals surface area contributed by atoms with Crippen LogP contribution in [0.4, 0.5) is 16.2 Å². The van der Waals surface area contributed by atoms with Crippen LogP contribution < -0.4 is 4.90 Å². The Labute approximate surface area is 232 Å². The third-order valence-electron chi connectivity index (χ3n) is 6.76. The summed E-state index contributed by atoms with van der Waals surface area (Å²) >= 11 is 10.1. The van der Waals surface area contributed by atoms with Crippen molar-refractivity contribution in [2.24, 2.45) is 4.99 Å². The average molecular weight is 590 g/mol. The van der Waals surface area contributed by atoms with E-state index in [0.717, 1.165) is 45.4 Å². The molecule has 2 aliphatic heterocycles. The van der Waals surface area contributed by atoms with Gasteiger partial charge in [0.25, 0.3) is 0 Å². The largest absolute Gasteiger partial charge is 0.444 e. The molecule has 0 aliphatic carbocycles. The number of aliphatic imine (C=N–C) groups is 1.